The minimum atomic E-state index is -0.00949. The summed E-state index contributed by atoms with van der Waals surface area (Å²) in [6.07, 6.45) is 2.79. The fourth-order valence-electron chi connectivity index (χ4n) is 2.37. The second-order valence-corrected chi connectivity index (χ2v) is 4.73. The van der Waals surface area contributed by atoms with Crippen LogP contribution in [0.25, 0.3) is 0 Å². The average molecular weight is 286 g/mol. The van der Waals surface area contributed by atoms with Gasteiger partial charge in [-0.2, -0.15) is 0 Å². The molecule has 1 heterocycles. The highest BCUT2D eigenvalue weighted by molar-refractivity contribution is 5.44. The minimum Gasteiger partial charge on any atom is -0.496 e. The Labute approximate surface area is 126 Å². The first-order valence-corrected chi connectivity index (χ1v) is 7.17. The normalized spacial score (nSPS) is 12.0. The van der Waals surface area contributed by atoms with Crippen molar-refractivity contribution in [3.8, 4) is 11.6 Å². The van der Waals surface area contributed by atoms with Gasteiger partial charge < -0.3 is 14.8 Å². The monoisotopic (exact) mass is 286 g/mol. The molecule has 1 aromatic carbocycles. The molecule has 112 valence electrons. The fourth-order valence-corrected chi connectivity index (χ4v) is 2.37. The molecule has 0 bridgehead atoms. The van der Waals surface area contributed by atoms with Gasteiger partial charge in [-0.3, -0.25) is 0 Å². The first kappa shape index (κ1) is 15.3. The standard InChI is InChI=1S/C17H22N2O2/c1-4-11-18-16(13-8-5-6-10-15(13)20-2)14-9-7-12-19-17(14)21-3/h5-10,12,16,18H,4,11H2,1-3H3. The molecule has 0 aliphatic rings. The van der Waals surface area contributed by atoms with Gasteiger partial charge in [-0.15, -0.1) is 0 Å². The zero-order valence-electron chi connectivity index (χ0n) is 12.8. The number of ether oxygens (including phenoxy) is 2. The van der Waals surface area contributed by atoms with Crippen LogP contribution in [0.15, 0.2) is 42.6 Å². The summed E-state index contributed by atoms with van der Waals surface area (Å²) in [6, 6.07) is 12.0. The van der Waals surface area contributed by atoms with Crippen molar-refractivity contribution in [2.45, 2.75) is 19.4 Å². The molecule has 4 nitrogen and oxygen atoms in total. The molecular formula is C17H22N2O2. The Morgan fingerprint density at radius 1 is 1.05 bits per heavy atom. The molecule has 0 spiro atoms. The van der Waals surface area contributed by atoms with E-state index in [9.17, 15) is 0 Å². The highest BCUT2D eigenvalue weighted by Gasteiger charge is 2.21. The maximum Gasteiger partial charge on any atom is 0.218 e. The lowest BCUT2D eigenvalue weighted by atomic mass is 9.98. The molecule has 0 radical (unpaired) electrons. The van der Waals surface area contributed by atoms with Crippen LogP contribution in [0.2, 0.25) is 0 Å². The lowest BCUT2D eigenvalue weighted by Gasteiger charge is -2.22. The van der Waals surface area contributed by atoms with Crippen LogP contribution in [-0.2, 0) is 0 Å². The SMILES string of the molecule is CCCNC(c1ccccc1OC)c1cccnc1OC. The number of rotatable bonds is 7. The van der Waals surface area contributed by atoms with Crippen molar-refractivity contribution in [3.05, 3.63) is 53.7 Å². The molecule has 1 aromatic heterocycles. The molecule has 1 unspecified atom stereocenters. The Balaban J connectivity index is 2.47. The molecule has 4 heteroatoms. The lowest BCUT2D eigenvalue weighted by Crippen LogP contribution is -2.24. The van der Waals surface area contributed by atoms with Crippen molar-refractivity contribution in [3.63, 3.8) is 0 Å². The zero-order valence-corrected chi connectivity index (χ0v) is 12.8. The molecule has 1 N–H and O–H groups in total. The Morgan fingerprint density at radius 2 is 1.81 bits per heavy atom. The zero-order chi connectivity index (χ0) is 15.1. The van der Waals surface area contributed by atoms with Gasteiger partial charge in [-0.1, -0.05) is 31.2 Å². The molecule has 0 saturated carbocycles. The van der Waals surface area contributed by atoms with Gasteiger partial charge in [-0.05, 0) is 25.1 Å². The van der Waals surface area contributed by atoms with Gasteiger partial charge in [0.05, 0.1) is 20.3 Å². The summed E-state index contributed by atoms with van der Waals surface area (Å²) in [5, 5.41) is 3.55. The molecule has 21 heavy (non-hydrogen) atoms. The van der Waals surface area contributed by atoms with E-state index in [1.807, 2.05) is 30.3 Å². The number of hydrogen-bond donors (Lipinski definition) is 1. The van der Waals surface area contributed by atoms with Gasteiger partial charge >= 0.3 is 0 Å². The van der Waals surface area contributed by atoms with Gasteiger partial charge in [0.1, 0.15) is 5.75 Å². The van der Waals surface area contributed by atoms with Crippen molar-refractivity contribution in [1.82, 2.24) is 10.3 Å². The van der Waals surface area contributed by atoms with Crippen LogP contribution >= 0.6 is 0 Å². The van der Waals surface area contributed by atoms with Crippen LogP contribution in [0.4, 0.5) is 0 Å². The predicted octanol–water partition coefficient (Wildman–Crippen LogP) is 3.19. The van der Waals surface area contributed by atoms with Gasteiger partial charge in [0.15, 0.2) is 0 Å². The summed E-state index contributed by atoms with van der Waals surface area (Å²) in [5.41, 5.74) is 2.10. The second kappa shape index (κ2) is 7.64. The minimum absolute atomic E-state index is 0.00949. The Kier molecular flexibility index (Phi) is 5.58. The molecule has 1 atom stereocenters. The Hall–Kier alpha value is -2.07. The second-order valence-electron chi connectivity index (χ2n) is 4.73. The molecule has 2 aromatic rings. The maximum atomic E-state index is 5.50. The average Bonchev–Trinajstić information content (AvgIpc) is 2.56. The maximum absolute atomic E-state index is 5.50. The number of pyridine rings is 1. The predicted molar refractivity (Wildman–Crippen MR) is 83.9 cm³/mol. The third-order valence-electron chi connectivity index (χ3n) is 3.35. The van der Waals surface area contributed by atoms with Crippen molar-refractivity contribution in [2.24, 2.45) is 0 Å². The van der Waals surface area contributed by atoms with Crippen LogP contribution in [0.1, 0.15) is 30.5 Å². The van der Waals surface area contributed by atoms with E-state index in [-0.39, 0.29) is 6.04 Å². The topological polar surface area (TPSA) is 43.4 Å². The van der Waals surface area contributed by atoms with Crippen LogP contribution in [-0.4, -0.2) is 25.7 Å². The number of hydrogen-bond acceptors (Lipinski definition) is 4. The summed E-state index contributed by atoms with van der Waals surface area (Å²) < 4.78 is 10.9. The number of benzene rings is 1. The van der Waals surface area contributed by atoms with E-state index in [0.717, 1.165) is 29.8 Å². The summed E-state index contributed by atoms with van der Waals surface area (Å²) in [4.78, 5) is 4.30. The smallest absolute Gasteiger partial charge is 0.218 e. The largest absolute Gasteiger partial charge is 0.496 e. The number of nitrogens with zero attached hydrogens (tertiary/aromatic N) is 1. The van der Waals surface area contributed by atoms with E-state index < -0.39 is 0 Å². The number of methoxy groups -OCH3 is 2. The highest BCUT2D eigenvalue weighted by Crippen LogP contribution is 2.33. The first-order valence-electron chi connectivity index (χ1n) is 7.17. The van der Waals surface area contributed by atoms with E-state index in [1.165, 1.54) is 0 Å². The third kappa shape index (κ3) is 3.52. The van der Waals surface area contributed by atoms with Gasteiger partial charge in [0, 0.05) is 17.3 Å². The molecule has 2 rings (SSSR count). The van der Waals surface area contributed by atoms with Gasteiger partial charge in [-0.25, -0.2) is 4.98 Å². The summed E-state index contributed by atoms with van der Waals surface area (Å²) in [7, 11) is 3.33. The van der Waals surface area contributed by atoms with Gasteiger partial charge in [0.2, 0.25) is 5.88 Å². The van der Waals surface area contributed by atoms with Crippen LogP contribution in [0.3, 0.4) is 0 Å². The van der Waals surface area contributed by atoms with Gasteiger partial charge in [0.25, 0.3) is 0 Å². The number of para-hydroxylation sites is 1. The summed E-state index contributed by atoms with van der Waals surface area (Å²) in [6.45, 7) is 3.05. The van der Waals surface area contributed by atoms with Crippen LogP contribution in [0.5, 0.6) is 11.6 Å². The fraction of sp³-hybridized carbons (Fsp3) is 0.353. The highest BCUT2D eigenvalue weighted by atomic mass is 16.5. The lowest BCUT2D eigenvalue weighted by molar-refractivity contribution is 0.382. The third-order valence-corrected chi connectivity index (χ3v) is 3.35. The van der Waals surface area contributed by atoms with E-state index in [2.05, 4.69) is 23.3 Å². The molecule has 0 aliphatic heterocycles. The van der Waals surface area contributed by atoms with Crippen molar-refractivity contribution in [1.29, 1.82) is 0 Å². The van der Waals surface area contributed by atoms with Crippen molar-refractivity contribution < 1.29 is 9.47 Å². The number of aromatic nitrogens is 1. The quantitative estimate of drug-likeness (QED) is 0.849. The van der Waals surface area contributed by atoms with E-state index in [4.69, 9.17) is 9.47 Å². The van der Waals surface area contributed by atoms with Crippen LogP contribution in [0, 0.1) is 0 Å². The molecule has 0 saturated heterocycles. The Bertz CT molecular complexity index is 525. The van der Waals surface area contributed by atoms with Crippen molar-refractivity contribution in [2.75, 3.05) is 20.8 Å². The molecule has 0 amide bonds. The number of nitrogens with one attached hydrogen (secondary N) is 1. The first-order chi connectivity index (χ1) is 10.3. The van der Waals surface area contributed by atoms with Crippen LogP contribution < -0.4 is 14.8 Å². The molecule has 0 aliphatic carbocycles. The van der Waals surface area contributed by atoms with E-state index >= 15 is 0 Å². The molecule has 0 fully saturated rings. The Morgan fingerprint density at radius 3 is 2.52 bits per heavy atom. The summed E-state index contributed by atoms with van der Waals surface area (Å²) >= 11 is 0. The van der Waals surface area contributed by atoms with Crippen molar-refractivity contribution >= 4 is 0 Å². The van der Waals surface area contributed by atoms with E-state index in [0.29, 0.717) is 5.88 Å². The molecular weight excluding hydrogens is 264 g/mol. The summed E-state index contributed by atoms with van der Waals surface area (Å²) in [5.74, 6) is 1.49. The van der Waals surface area contributed by atoms with E-state index in [1.54, 1.807) is 20.4 Å².